The number of halogens is 5. The number of hydrogen-bond acceptors (Lipinski definition) is 1. The standard InChI is InChI=1S/C11H9F5O/c1-5-3-9(11(14,15)16)8(10(12)13)4-7(5)6(2)17/h3-4,10H,1-2H3. The van der Waals surface area contributed by atoms with E-state index in [1.54, 1.807) is 0 Å². The van der Waals surface area contributed by atoms with Crippen molar-refractivity contribution in [1.82, 2.24) is 0 Å². The van der Waals surface area contributed by atoms with Gasteiger partial charge in [-0.2, -0.15) is 13.2 Å². The largest absolute Gasteiger partial charge is 0.416 e. The van der Waals surface area contributed by atoms with Crippen LogP contribution in [0.25, 0.3) is 0 Å². The van der Waals surface area contributed by atoms with Crippen molar-refractivity contribution in [3.05, 3.63) is 34.4 Å². The molecule has 0 atom stereocenters. The van der Waals surface area contributed by atoms with Crippen molar-refractivity contribution in [3.63, 3.8) is 0 Å². The molecule has 0 aromatic heterocycles. The van der Waals surface area contributed by atoms with Crippen LogP contribution in [0.1, 0.15) is 40.4 Å². The van der Waals surface area contributed by atoms with Crippen LogP contribution in [0.2, 0.25) is 0 Å². The molecule has 0 aliphatic carbocycles. The summed E-state index contributed by atoms with van der Waals surface area (Å²) in [6.45, 7) is 2.39. The molecule has 0 amide bonds. The fourth-order valence-corrected chi connectivity index (χ4v) is 1.53. The molecule has 0 heterocycles. The SMILES string of the molecule is CC(=O)c1cc(C(F)F)c(C(F)(F)F)cc1C. The third kappa shape index (κ3) is 2.81. The number of alkyl halides is 5. The summed E-state index contributed by atoms with van der Waals surface area (Å²) >= 11 is 0. The predicted molar refractivity (Wildman–Crippen MR) is 51.1 cm³/mol. The zero-order chi connectivity index (χ0) is 13.4. The molecular weight excluding hydrogens is 243 g/mol. The van der Waals surface area contributed by atoms with Crippen molar-refractivity contribution in [1.29, 1.82) is 0 Å². The van der Waals surface area contributed by atoms with E-state index in [1.807, 2.05) is 0 Å². The highest BCUT2D eigenvalue weighted by Crippen LogP contribution is 2.37. The summed E-state index contributed by atoms with van der Waals surface area (Å²) in [6.07, 6.45) is -8.13. The Kier molecular flexibility index (Phi) is 3.54. The number of rotatable bonds is 2. The van der Waals surface area contributed by atoms with Gasteiger partial charge in [-0.3, -0.25) is 4.79 Å². The third-order valence-electron chi connectivity index (χ3n) is 2.32. The van der Waals surface area contributed by atoms with Crippen LogP contribution in [0.3, 0.4) is 0 Å². The minimum atomic E-state index is -4.86. The van der Waals surface area contributed by atoms with E-state index in [0.717, 1.165) is 6.92 Å². The van der Waals surface area contributed by atoms with Gasteiger partial charge in [0.05, 0.1) is 5.56 Å². The summed E-state index contributed by atoms with van der Waals surface area (Å²) < 4.78 is 62.6. The first kappa shape index (κ1) is 13.6. The fourth-order valence-electron chi connectivity index (χ4n) is 1.53. The Morgan fingerprint density at radius 2 is 1.76 bits per heavy atom. The van der Waals surface area contributed by atoms with Gasteiger partial charge in [-0.1, -0.05) is 0 Å². The molecule has 0 saturated heterocycles. The first-order chi connectivity index (χ1) is 7.64. The second kappa shape index (κ2) is 4.43. The van der Waals surface area contributed by atoms with Crippen LogP contribution < -0.4 is 0 Å². The Labute approximate surface area is 94.2 Å². The molecule has 0 aliphatic heterocycles. The highest BCUT2D eigenvalue weighted by atomic mass is 19.4. The number of ketones is 1. The molecule has 1 nitrogen and oxygen atoms in total. The van der Waals surface area contributed by atoms with E-state index >= 15 is 0 Å². The third-order valence-corrected chi connectivity index (χ3v) is 2.32. The first-order valence-electron chi connectivity index (χ1n) is 4.65. The quantitative estimate of drug-likeness (QED) is 0.570. The van der Waals surface area contributed by atoms with Crippen molar-refractivity contribution in [3.8, 4) is 0 Å². The Balaban J connectivity index is 3.53. The van der Waals surface area contributed by atoms with Gasteiger partial charge in [-0.05, 0) is 31.5 Å². The average molecular weight is 252 g/mol. The maximum absolute atomic E-state index is 12.5. The Hall–Kier alpha value is -1.46. The van der Waals surface area contributed by atoms with Crippen LogP contribution in [0.15, 0.2) is 12.1 Å². The number of Topliss-reactive ketones (excluding diaryl/α,β-unsaturated/α-hetero) is 1. The van der Waals surface area contributed by atoms with Gasteiger partial charge in [0, 0.05) is 11.1 Å². The molecule has 0 bridgehead atoms. The van der Waals surface area contributed by atoms with Crippen LogP contribution in [-0.4, -0.2) is 5.78 Å². The van der Waals surface area contributed by atoms with E-state index in [4.69, 9.17) is 0 Å². The second-order valence-corrected chi connectivity index (χ2v) is 3.61. The lowest BCUT2D eigenvalue weighted by atomic mass is 9.97. The minimum Gasteiger partial charge on any atom is -0.295 e. The van der Waals surface area contributed by atoms with Crippen molar-refractivity contribution < 1.29 is 26.7 Å². The first-order valence-corrected chi connectivity index (χ1v) is 4.65. The molecule has 0 N–H and O–H groups in total. The van der Waals surface area contributed by atoms with Crippen LogP contribution in [-0.2, 0) is 6.18 Å². The predicted octanol–water partition coefficient (Wildman–Crippen LogP) is 4.15. The van der Waals surface area contributed by atoms with Gasteiger partial charge in [-0.25, -0.2) is 8.78 Å². The van der Waals surface area contributed by atoms with Crippen molar-refractivity contribution >= 4 is 5.78 Å². The van der Waals surface area contributed by atoms with E-state index in [1.165, 1.54) is 6.92 Å². The maximum Gasteiger partial charge on any atom is 0.416 e. The van der Waals surface area contributed by atoms with E-state index in [0.29, 0.717) is 12.1 Å². The normalized spacial score (nSPS) is 12.0. The lowest BCUT2D eigenvalue weighted by molar-refractivity contribution is -0.139. The Morgan fingerprint density at radius 3 is 2.12 bits per heavy atom. The van der Waals surface area contributed by atoms with Crippen molar-refractivity contribution in [2.45, 2.75) is 26.4 Å². The number of aryl methyl sites for hydroxylation is 1. The zero-order valence-corrected chi connectivity index (χ0v) is 9.03. The number of carbonyl (C=O) groups is 1. The van der Waals surface area contributed by atoms with E-state index in [-0.39, 0.29) is 11.1 Å². The molecule has 1 aromatic rings. The highest BCUT2D eigenvalue weighted by Gasteiger charge is 2.36. The van der Waals surface area contributed by atoms with E-state index in [2.05, 4.69) is 0 Å². The molecule has 94 valence electrons. The van der Waals surface area contributed by atoms with Gasteiger partial charge in [0.1, 0.15) is 0 Å². The molecule has 0 unspecified atom stereocenters. The zero-order valence-electron chi connectivity index (χ0n) is 9.03. The molecule has 0 saturated carbocycles. The summed E-state index contributed by atoms with van der Waals surface area (Å²) in [4.78, 5) is 11.1. The van der Waals surface area contributed by atoms with Crippen LogP contribution in [0.4, 0.5) is 22.0 Å². The maximum atomic E-state index is 12.5. The molecule has 1 rings (SSSR count). The van der Waals surface area contributed by atoms with Gasteiger partial charge in [-0.15, -0.1) is 0 Å². The molecular formula is C11H9F5O. The fraction of sp³-hybridized carbons (Fsp3) is 0.364. The van der Waals surface area contributed by atoms with Crippen LogP contribution in [0, 0.1) is 6.92 Å². The summed E-state index contributed by atoms with van der Waals surface area (Å²) in [5, 5.41) is 0. The molecule has 0 spiro atoms. The van der Waals surface area contributed by atoms with Gasteiger partial charge in [0.2, 0.25) is 0 Å². The van der Waals surface area contributed by atoms with Gasteiger partial charge in [0.25, 0.3) is 6.43 Å². The number of carbonyl (C=O) groups excluding carboxylic acids is 1. The number of benzene rings is 1. The minimum absolute atomic E-state index is 0.0363. The smallest absolute Gasteiger partial charge is 0.295 e. The summed E-state index contributed by atoms with van der Waals surface area (Å²) in [5.41, 5.74) is -2.63. The second-order valence-electron chi connectivity index (χ2n) is 3.61. The molecule has 0 aliphatic rings. The Bertz CT molecular complexity index is 448. The van der Waals surface area contributed by atoms with Crippen LogP contribution >= 0.6 is 0 Å². The topological polar surface area (TPSA) is 17.1 Å². The Morgan fingerprint density at radius 1 is 1.24 bits per heavy atom. The highest BCUT2D eigenvalue weighted by molar-refractivity contribution is 5.95. The molecule has 0 fully saturated rings. The summed E-state index contributed by atoms with van der Waals surface area (Å²) in [7, 11) is 0. The molecule has 0 radical (unpaired) electrons. The van der Waals surface area contributed by atoms with Gasteiger partial charge >= 0.3 is 6.18 Å². The van der Waals surface area contributed by atoms with Gasteiger partial charge in [0.15, 0.2) is 5.78 Å². The van der Waals surface area contributed by atoms with Crippen LogP contribution in [0.5, 0.6) is 0 Å². The summed E-state index contributed by atoms with van der Waals surface area (Å²) in [5.74, 6) is -0.543. The molecule has 6 heteroatoms. The van der Waals surface area contributed by atoms with Crippen molar-refractivity contribution in [2.24, 2.45) is 0 Å². The van der Waals surface area contributed by atoms with Gasteiger partial charge < -0.3 is 0 Å². The lowest BCUT2D eigenvalue weighted by Gasteiger charge is -2.15. The number of hydrogen-bond donors (Lipinski definition) is 0. The van der Waals surface area contributed by atoms with E-state index in [9.17, 15) is 26.7 Å². The van der Waals surface area contributed by atoms with Crippen molar-refractivity contribution in [2.75, 3.05) is 0 Å². The molecule has 1 aromatic carbocycles. The van der Waals surface area contributed by atoms with E-state index < -0.39 is 29.5 Å². The average Bonchev–Trinajstić information content (AvgIpc) is 2.14. The molecule has 17 heavy (non-hydrogen) atoms. The lowest BCUT2D eigenvalue weighted by Crippen LogP contribution is -2.12. The summed E-state index contributed by atoms with van der Waals surface area (Å²) in [6, 6.07) is 1.20. The monoisotopic (exact) mass is 252 g/mol.